The van der Waals surface area contributed by atoms with E-state index in [-0.39, 0.29) is 6.09 Å². The fraction of sp³-hybridized carbons (Fsp3) is 0.667. The van der Waals surface area contributed by atoms with Gasteiger partial charge in [0.25, 0.3) is 0 Å². The van der Waals surface area contributed by atoms with Crippen molar-refractivity contribution in [2.45, 2.75) is 52.2 Å². The average molecular weight is 320 g/mol. The summed E-state index contributed by atoms with van der Waals surface area (Å²) in [5.74, 6) is 0.491. The summed E-state index contributed by atoms with van der Waals surface area (Å²) in [6, 6.07) is 3.93. The molecule has 0 N–H and O–H groups in total. The Balaban J connectivity index is 1.68. The van der Waals surface area contributed by atoms with Crippen LogP contribution in [0.15, 0.2) is 24.5 Å². The van der Waals surface area contributed by atoms with Crippen molar-refractivity contribution in [1.82, 2.24) is 9.88 Å². The van der Waals surface area contributed by atoms with Crippen molar-refractivity contribution in [1.29, 1.82) is 0 Å². The van der Waals surface area contributed by atoms with Gasteiger partial charge < -0.3 is 14.4 Å². The maximum Gasteiger partial charge on any atom is 0.410 e. The Morgan fingerprint density at radius 2 is 2.26 bits per heavy atom. The molecular formula is C18H28N2O3. The van der Waals surface area contributed by atoms with Gasteiger partial charge in [-0.3, -0.25) is 4.98 Å². The molecule has 1 aliphatic heterocycles. The third kappa shape index (κ3) is 6.57. The SMILES string of the molecule is CC(C)(C)OC(=O)N1CCC[C@@H](CCOCc2cccnc2)C1. The second-order valence-corrected chi connectivity index (χ2v) is 7.14. The Morgan fingerprint density at radius 1 is 1.43 bits per heavy atom. The molecule has 5 heteroatoms. The maximum atomic E-state index is 12.1. The smallest absolute Gasteiger partial charge is 0.410 e. The minimum Gasteiger partial charge on any atom is -0.444 e. The van der Waals surface area contributed by atoms with Crippen LogP contribution in [0, 0.1) is 5.92 Å². The Kier molecular flexibility index (Phi) is 6.39. The number of hydrogen-bond donors (Lipinski definition) is 0. The third-order valence-corrected chi connectivity index (χ3v) is 3.83. The summed E-state index contributed by atoms with van der Waals surface area (Å²) < 4.78 is 11.2. The largest absolute Gasteiger partial charge is 0.444 e. The van der Waals surface area contributed by atoms with Gasteiger partial charge in [-0.15, -0.1) is 0 Å². The summed E-state index contributed by atoms with van der Waals surface area (Å²) in [5.41, 5.74) is 0.656. The van der Waals surface area contributed by atoms with E-state index in [1.807, 2.05) is 44.0 Å². The number of carbonyl (C=O) groups excluding carboxylic acids is 1. The Bertz CT molecular complexity index is 485. The first-order valence-corrected chi connectivity index (χ1v) is 8.38. The van der Waals surface area contributed by atoms with Gasteiger partial charge in [0.1, 0.15) is 5.60 Å². The molecule has 1 aromatic rings. The van der Waals surface area contributed by atoms with Crippen molar-refractivity contribution in [3.63, 3.8) is 0 Å². The predicted molar refractivity (Wildman–Crippen MR) is 89.0 cm³/mol. The van der Waals surface area contributed by atoms with Crippen molar-refractivity contribution in [2.75, 3.05) is 19.7 Å². The van der Waals surface area contributed by atoms with E-state index in [2.05, 4.69) is 4.98 Å². The van der Waals surface area contributed by atoms with Crippen molar-refractivity contribution < 1.29 is 14.3 Å². The lowest BCUT2D eigenvalue weighted by atomic mass is 9.95. The molecule has 0 unspecified atom stereocenters. The molecule has 0 bridgehead atoms. The van der Waals surface area contributed by atoms with Crippen LogP contribution >= 0.6 is 0 Å². The molecule has 0 aliphatic carbocycles. The van der Waals surface area contributed by atoms with Gasteiger partial charge in [-0.2, -0.15) is 0 Å². The molecule has 1 atom stereocenters. The van der Waals surface area contributed by atoms with E-state index < -0.39 is 5.60 Å². The number of pyridine rings is 1. The lowest BCUT2D eigenvalue weighted by Crippen LogP contribution is -2.43. The molecule has 0 radical (unpaired) electrons. The minimum atomic E-state index is -0.434. The normalized spacial score (nSPS) is 18.7. The summed E-state index contributed by atoms with van der Waals surface area (Å²) in [5, 5.41) is 0. The Morgan fingerprint density at radius 3 is 2.96 bits per heavy atom. The van der Waals surface area contributed by atoms with Crippen LogP contribution in [0.5, 0.6) is 0 Å². The molecule has 1 saturated heterocycles. The monoisotopic (exact) mass is 320 g/mol. The van der Waals surface area contributed by atoms with E-state index in [9.17, 15) is 4.79 Å². The predicted octanol–water partition coefficient (Wildman–Crippen LogP) is 3.64. The van der Waals surface area contributed by atoms with Crippen LogP contribution in [0.3, 0.4) is 0 Å². The van der Waals surface area contributed by atoms with Gasteiger partial charge in [-0.25, -0.2) is 4.79 Å². The highest BCUT2D eigenvalue weighted by Crippen LogP contribution is 2.21. The van der Waals surface area contributed by atoms with Crippen LogP contribution in [0.4, 0.5) is 4.79 Å². The van der Waals surface area contributed by atoms with E-state index in [0.29, 0.717) is 19.1 Å². The highest BCUT2D eigenvalue weighted by molar-refractivity contribution is 5.68. The van der Waals surface area contributed by atoms with Gasteiger partial charge in [-0.05, 0) is 57.6 Å². The van der Waals surface area contributed by atoms with Crippen LogP contribution in [0.2, 0.25) is 0 Å². The fourth-order valence-corrected chi connectivity index (χ4v) is 2.72. The zero-order chi connectivity index (χ0) is 16.7. The third-order valence-electron chi connectivity index (χ3n) is 3.83. The number of likely N-dealkylation sites (tertiary alicyclic amines) is 1. The number of rotatable bonds is 5. The summed E-state index contributed by atoms with van der Waals surface area (Å²) in [7, 11) is 0. The molecule has 2 heterocycles. The molecule has 1 aliphatic rings. The number of nitrogens with zero attached hydrogens (tertiary/aromatic N) is 2. The lowest BCUT2D eigenvalue weighted by molar-refractivity contribution is 0.0135. The number of ether oxygens (including phenoxy) is 2. The molecule has 1 fully saturated rings. The second kappa shape index (κ2) is 8.29. The first kappa shape index (κ1) is 17.7. The van der Waals surface area contributed by atoms with Crippen LogP contribution < -0.4 is 0 Å². The first-order chi connectivity index (χ1) is 10.9. The van der Waals surface area contributed by atoms with E-state index in [1.54, 1.807) is 6.20 Å². The summed E-state index contributed by atoms with van der Waals surface area (Å²) in [6.45, 7) is 8.57. The average Bonchev–Trinajstić information content (AvgIpc) is 2.51. The topological polar surface area (TPSA) is 51.7 Å². The molecule has 128 valence electrons. The highest BCUT2D eigenvalue weighted by Gasteiger charge is 2.27. The van der Waals surface area contributed by atoms with E-state index in [0.717, 1.165) is 37.9 Å². The molecule has 1 amide bonds. The summed E-state index contributed by atoms with van der Waals surface area (Å²) in [4.78, 5) is 18.0. The van der Waals surface area contributed by atoms with Crippen molar-refractivity contribution >= 4 is 6.09 Å². The van der Waals surface area contributed by atoms with Gasteiger partial charge >= 0.3 is 6.09 Å². The number of carbonyl (C=O) groups is 1. The standard InChI is InChI=1S/C18H28N2O3/c1-18(2,3)23-17(21)20-10-5-7-15(13-20)8-11-22-14-16-6-4-9-19-12-16/h4,6,9,12,15H,5,7-8,10-11,13-14H2,1-3H3/t15-/m0/s1. The van der Waals surface area contributed by atoms with Crippen molar-refractivity contribution in [3.05, 3.63) is 30.1 Å². The molecule has 0 spiro atoms. The van der Waals surface area contributed by atoms with Crippen LogP contribution in [0.1, 0.15) is 45.6 Å². The van der Waals surface area contributed by atoms with Crippen molar-refractivity contribution in [3.8, 4) is 0 Å². The Labute approximate surface area is 139 Å². The maximum absolute atomic E-state index is 12.1. The molecule has 2 rings (SSSR count). The number of amides is 1. The molecule has 0 saturated carbocycles. The molecule has 0 aromatic carbocycles. The van der Waals surface area contributed by atoms with E-state index >= 15 is 0 Å². The van der Waals surface area contributed by atoms with E-state index in [1.165, 1.54) is 0 Å². The minimum absolute atomic E-state index is 0.196. The molecule has 1 aromatic heterocycles. The highest BCUT2D eigenvalue weighted by atomic mass is 16.6. The van der Waals surface area contributed by atoms with E-state index in [4.69, 9.17) is 9.47 Å². The lowest BCUT2D eigenvalue weighted by Gasteiger charge is -2.34. The number of piperidine rings is 1. The van der Waals surface area contributed by atoms with Gasteiger partial charge in [0.2, 0.25) is 0 Å². The second-order valence-electron chi connectivity index (χ2n) is 7.14. The number of aromatic nitrogens is 1. The summed E-state index contributed by atoms with van der Waals surface area (Å²) >= 11 is 0. The molecular weight excluding hydrogens is 292 g/mol. The van der Waals surface area contributed by atoms with Crippen LogP contribution in [-0.2, 0) is 16.1 Å². The quantitative estimate of drug-likeness (QED) is 0.777. The Hall–Kier alpha value is -1.62. The molecule has 23 heavy (non-hydrogen) atoms. The zero-order valence-corrected chi connectivity index (χ0v) is 14.5. The van der Waals surface area contributed by atoms with Gasteiger partial charge in [0.15, 0.2) is 0 Å². The number of hydrogen-bond acceptors (Lipinski definition) is 4. The zero-order valence-electron chi connectivity index (χ0n) is 14.5. The van der Waals surface area contributed by atoms with Gasteiger partial charge in [0, 0.05) is 32.1 Å². The fourth-order valence-electron chi connectivity index (χ4n) is 2.72. The summed E-state index contributed by atoms with van der Waals surface area (Å²) in [6.07, 6.45) is 6.54. The van der Waals surface area contributed by atoms with Crippen LogP contribution in [0.25, 0.3) is 0 Å². The van der Waals surface area contributed by atoms with Gasteiger partial charge in [-0.1, -0.05) is 6.07 Å². The molecule has 5 nitrogen and oxygen atoms in total. The van der Waals surface area contributed by atoms with Crippen molar-refractivity contribution in [2.24, 2.45) is 5.92 Å². The van der Waals surface area contributed by atoms with Gasteiger partial charge in [0.05, 0.1) is 6.61 Å². The first-order valence-electron chi connectivity index (χ1n) is 8.38. The van der Waals surface area contributed by atoms with Crippen LogP contribution in [-0.4, -0.2) is 41.3 Å².